The van der Waals surface area contributed by atoms with Crippen LogP contribution in [0.3, 0.4) is 0 Å². The number of hydrogen-bond acceptors (Lipinski definition) is 4. The molecule has 1 aromatic carbocycles. The number of methoxy groups -OCH3 is 1. The van der Waals surface area contributed by atoms with Gasteiger partial charge in [-0.05, 0) is 38.5 Å². The molecular formula is C14H21NO3. The Kier molecular flexibility index (Phi) is 4.73. The quantitative estimate of drug-likeness (QED) is 0.816. The molecule has 0 fully saturated rings. The Morgan fingerprint density at radius 2 is 2.11 bits per heavy atom. The average molecular weight is 251 g/mol. The van der Waals surface area contributed by atoms with Crippen molar-refractivity contribution in [2.24, 2.45) is 11.1 Å². The number of benzene rings is 1. The molecule has 0 radical (unpaired) electrons. The zero-order chi connectivity index (χ0) is 13.8. The second-order valence-electron chi connectivity index (χ2n) is 4.70. The van der Waals surface area contributed by atoms with Gasteiger partial charge in [0.15, 0.2) is 0 Å². The minimum atomic E-state index is -0.778. The number of carbonyl (C=O) groups excluding carboxylic acids is 1. The molecule has 0 aromatic heterocycles. The summed E-state index contributed by atoms with van der Waals surface area (Å²) in [5.41, 5.74) is 6.24. The van der Waals surface area contributed by atoms with Crippen molar-refractivity contribution in [3.05, 3.63) is 29.8 Å². The monoisotopic (exact) mass is 251 g/mol. The second kappa shape index (κ2) is 5.87. The summed E-state index contributed by atoms with van der Waals surface area (Å²) in [6, 6.07) is 7.04. The van der Waals surface area contributed by atoms with Crippen molar-refractivity contribution in [1.29, 1.82) is 0 Å². The fourth-order valence-corrected chi connectivity index (χ4v) is 1.77. The second-order valence-corrected chi connectivity index (χ2v) is 4.70. The highest BCUT2D eigenvalue weighted by Crippen LogP contribution is 2.33. The maximum Gasteiger partial charge on any atom is 0.313 e. The summed E-state index contributed by atoms with van der Waals surface area (Å²) in [5, 5.41) is 0. The fraction of sp³-hybridized carbons (Fsp3) is 0.500. The van der Waals surface area contributed by atoms with Crippen molar-refractivity contribution in [2.45, 2.75) is 26.8 Å². The molecule has 1 aromatic rings. The lowest BCUT2D eigenvalue weighted by Crippen LogP contribution is -2.37. The number of hydrogen-bond donors (Lipinski definition) is 1. The summed E-state index contributed by atoms with van der Waals surface area (Å²) in [4.78, 5) is 11.7. The molecule has 18 heavy (non-hydrogen) atoms. The summed E-state index contributed by atoms with van der Waals surface area (Å²) in [7, 11) is 1.37. The van der Waals surface area contributed by atoms with E-state index in [0.29, 0.717) is 6.61 Å². The standard InChI is InChI=1S/C14H21NO3/c1-5-18-11-8-6-7-10(9-11)12(15)14(2,3)13(16)17-4/h6-9,12H,5,15H2,1-4H3/t12-/m1/s1. The molecule has 0 bridgehead atoms. The lowest BCUT2D eigenvalue weighted by atomic mass is 9.81. The van der Waals surface area contributed by atoms with Crippen LogP contribution in [0.4, 0.5) is 0 Å². The van der Waals surface area contributed by atoms with E-state index >= 15 is 0 Å². The van der Waals surface area contributed by atoms with Crippen LogP contribution in [0.2, 0.25) is 0 Å². The first kappa shape index (κ1) is 14.5. The highest BCUT2D eigenvalue weighted by Gasteiger charge is 2.36. The van der Waals surface area contributed by atoms with Gasteiger partial charge in [0.1, 0.15) is 5.75 Å². The Labute approximate surface area is 108 Å². The van der Waals surface area contributed by atoms with Crippen LogP contribution in [0.15, 0.2) is 24.3 Å². The van der Waals surface area contributed by atoms with E-state index in [9.17, 15) is 4.79 Å². The SMILES string of the molecule is CCOc1cccc([C@@H](N)C(C)(C)C(=O)OC)c1. The molecular weight excluding hydrogens is 230 g/mol. The lowest BCUT2D eigenvalue weighted by Gasteiger charge is -2.29. The van der Waals surface area contributed by atoms with E-state index in [4.69, 9.17) is 15.2 Å². The van der Waals surface area contributed by atoms with E-state index in [0.717, 1.165) is 11.3 Å². The molecule has 0 spiro atoms. The Hall–Kier alpha value is -1.55. The van der Waals surface area contributed by atoms with Crippen molar-refractivity contribution in [3.63, 3.8) is 0 Å². The third-order valence-electron chi connectivity index (χ3n) is 3.02. The first-order valence-corrected chi connectivity index (χ1v) is 6.00. The van der Waals surface area contributed by atoms with Gasteiger partial charge in [-0.2, -0.15) is 0 Å². The van der Waals surface area contributed by atoms with Gasteiger partial charge in [0.2, 0.25) is 0 Å². The number of esters is 1. The van der Waals surface area contributed by atoms with E-state index < -0.39 is 11.5 Å². The van der Waals surface area contributed by atoms with Gasteiger partial charge in [-0.25, -0.2) is 0 Å². The molecule has 0 unspecified atom stereocenters. The van der Waals surface area contributed by atoms with Gasteiger partial charge in [-0.3, -0.25) is 4.79 Å². The molecule has 0 saturated heterocycles. The topological polar surface area (TPSA) is 61.5 Å². The van der Waals surface area contributed by atoms with Gasteiger partial charge < -0.3 is 15.2 Å². The fourth-order valence-electron chi connectivity index (χ4n) is 1.77. The van der Waals surface area contributed by atoms with Crippen LogP contribution < -0.4 is 10.5 Å². The van der Waals surface area contributed by atoms with Crippen LogP contribution in [0, 0.1) is 5.41 Å². The summed E-state index contributed by atoms with van der Waals surface area (Å²) in [5.74, 6) is 0.433. The largest absolute Gasteiger partial charge is 0.494 e. The summed E-state index contributed by atoms with van der Waals surface area (Å²) >= 11 is 0. The van der Waals surface area contributed by atoms with Crippen LogP contribution in [0.5, 0.6) is 5.75 Å². The van der Waals surface area contributed by atoms with E-state index in [-0.39, 0.29) is 5.97 Å². The van der Waals surface area contributed by atoms with Crippen LogP contribution in [0.25, 0.3) is 0 Å². The van der Waals surface area contributed by atoms with Crippen molar-refractivity contribution in [2.75, 3.05) is 13.7 Å². The Morgan fingerprint density at radius 3 is 2.67 bits per heavy atom. The molecule has 1 rings (SSSR count). The molecule has 1 atom stereocenters. The Morgan fingerprint density at radius 1 is 1.44 bits per heavy atom. The molecule has 0 aliphatic heterocycles. The zero-order valence-electron chi connectivity index (χ0n) is 11.4. The van der Waals surface area contributed by atoms with Gasteiger partial charge in [-0.15, -0.1) is 0 Å². The van der Waals surface area contributed by atoms with Crippen molar-refractivity contribution >= 4 is 5.97 Å². The maximum atomic E-state index is 11.7. The molecule has 0 aliphatic rings. The van der Waals surface area contributed by atoms with Gasteiger partial charge in [0, 0.05) is 6.04 Å². The Bertz CT molecular complexity index is 415. The number of rotatable bonds is 5. The minimum absolute atomic E-state index is 0.322. The third kappa shape index (κ3) is 3.01. The number of carbonyl (C=O) groups is 1. The molecule has 0 aliphatic carbocycles. The molecule has 0 saturated carbocycles. The predicted octanol–water partition coefficient (Wildman–Crippen LogP) is 2.28. The van der Waals surface area contributed by atoms with E-state index in [1.165, 1.54) is 7.11 Å². The predicted molar refractivity (Wildman–Crippen MR) is 70.3 cm³/mol. The molecule has 0 heterocycles. The molecule has 2 N–H and O–H groups in total. The van der Waals surface area contributed by atoms with E-state index in [1.807, 2.05) is 31.2 Å². The number of nitrogens with two attached hydrogens (primary N) is 1. The number of ether oxygens (including phenoxy) is 2. The smallest absolute Gasteiger partial charge is 0.313 e. The first-order chi connectivity index (χ1) is 8.43. The maximum absolute atomic E-state index is 11.7. The minimum Gasteiger partial charge on any atom is -0.494 e. The van der Waals surface area contributed by atoms with Crippen LogP contribution in [0.1, 0.15) is 32.4 Å². The van der Waals surface area contributed by atoms with Gasteiger partial charge in [-0.1, -0.05) is 12.1 Å². The van der Waals surface area contributed by atoms with Crippen LogP contribution in [-0.4, -0.2) is 19.7 Å². The van der Waals surface area contributed by atoms with Crippen LogP contribution >= 0.6 is 0 Å². The molecule has 0 amide bonds. The summed E-state index contributed by atoms with van der Waals surface area (Å²) in [6.07, 6.45) is 0. The average Bonchev–Trinajstić information content (AvgIpc) is 2.37. The normalized spacial score (nSPS) is 12.9. The van der Waals surface area contributed by atoms with Gasteiger partial charge >= 0.3 is 5.97 Å². The highest BCUT2D eigenvalue weighted by atomic mass is 16.5. The Balaban J connectivity index is 2.99. The van der Waals surface area contributed by atoms with Gasteiger partial charge in [0.25, 0.3) is 0 Å². The van der Waals surface area contributed by atoms with Crippen molar-refractivity contribution in [3.8, 4) is 5.75 Å². The zero-order valence-corrected chi connectivity index (χ0v) is 11.4. The molecule has 4 heteroatoms. The van der Waals surface area contributed by atoms with Crippen molar-refractivity contribution in [1.82, 2.24) is 0 Å². The lowest BCUT2D eigenvalue weighted by molar-refractivity contribution is -0.152. The summed E-state index contributed by atoms with van der Waals surface area (Å²) < 4.78 is 10.2. The third-order valence-corrected chi connectivity index (χ3v) is 3.02. The van der Waals surface area contributed by atoms with E-state index in [2.05, 4.69) is 0 Å². The summed E-state index contributed by atoms with van der Waals surface area (Å²) in [6.45, 7) is 6.07. The van der Waals surface area contributed by atoms with Gasteiger partial charge in [0.05, 0.1) is 19.1 Å². The van der Waals surface area contributed by atoms with Crippen LogP contribution in [-0.2, 0) is 9.53 Å². The van der Waals surface area contributed by atoms with E-state index in [1.54, 1.807) is 13.8 Å². The molecule has 100 valence electrons. The highest BCUT2D eigenvalue weighted by molar-refractivity contribution is 5.77. The van der Waals surface area contributed by atoms with Crippen molar-refractivity contribution < 1.29 is 14.3 Å². The first-order valence-electron chi connectivity index (χ1n) is 6.00. The molecule has 4 nitrogen and oxygen atoms in total.